The van der Waals surface area contributed by atoms with E-state index < -0.39 is 28.8 Å². The highest BCUT2D eigenvalue weighted by atomic mass is 19.1. The number of carbonyl (C=O) groups excluding carboxylic acids is 2. The molecule has 2 saturated heterocycles. The fraction of sp³-hybridized carbons (Fsp3) is 0.414. The number of hydrogen-bond donors (Lipinski definition) is 1. The highest BCUT2D eigenvalue weighted by molar-refractivity contribution is 6.01. The lowest BCUT2D eigenvalue weighted by molar-refractivity contribution is 0.0301. The number of rotatable bonds is 3. The van der Waals surface area contributed by atoms with Crippen LogP contribution in [0, 0.1) is 5.82 Å². The maximum Gasteiger partial charge on any atom is 0.407 e. The minimum absolute atomic E-state index is 0.0352. The van der Waals surface area contributed by atoms with E-state index in [1.807, 2.05) is 17.0 Å². The van der Waals surface area contributed by atoms with Crippen LogP contribution < -0.4 is 20.4 Å². The van der Waals surface area contributed by atoms with Crippen molar-refractivity contribution >= 4 is 28.6 Å². The Morgan fingerprint density at radius 3 is 2.62 bits per heavy atom. The van der Waals surface area contributed by atoms with Crippen molar-refractivity contribution in [1.82, 2.24) is 14.8 Å². The molecule has 0 saturated carbocycles. The van der Waals surface area contributed by atoms with Crippen molar-refractivity contribution in [2.24, 2.45) is 0 Å². The minimum atomic E-state index is -0.639. The number of alkyl carbamates (subject to hydrolysis) is 1. The molecule has 1 N–H and O–H groups in total. The molecule has 6 rings (SSSR count). The normalized spacial score (nSPS) is 18.4. The predicted molar refractivity (Wildman–Crippen MR) is 146 cm³/mol. The number of para-hydroxylation sites is 2. The summed E-state index contributed by atoms with van der Waals surface area (Å²) in [6.07, 6.45) is 1.58. The Bertz CT molecular complexity index is 1570. The number of halogens is 1. The van der Waals surface area contributed by atoms with Gasteiger partial charge in [-0.15, -0.1) is 0 Å². The standard InChI is InChI=1S/C29H31FN4O6/c1-29(2,3)40-28(37)31-17-8-9-33(15-17)24-20(30)14-18-23-26(24)39-22-7-5-4-6-21(22)34(23)16-19(25(18)35)27(36)32-10-12-38-13-11-32/h4-7,14,16-17H,8-13,15H2,1-3H3,(H,31,37). The van der Waals surface area contributed by atoms with Crippen LogP contribution in [0.1, 0.15) is 37.6 Å². The van der Waals surface area contributed by atoms with Crippen LogP contribution in [0.25, 0.3) is 16.6 Å². The Morgan fingerprint density at radius 1 is 1.12 bits per heavy atom. The molecule has 4 heterocycles. The summed E-state index contributed by atoms with van der Waals surface area (Å²) < 4.78 is 34.7. The largest absolute Gasteiger partial charge is 0.451 e. The van der Waals surface area contributed by atoms with Gasteiger partial charge in [-0.3, -0.25) is 9.59 Å². The van der Waals surface area contributed by atoms with Crippen LogP contribution in [-0.4, -0.2) is 72.5 Å². The second kappa shape index (κ2) is 9.81. The Labute approximate surface area is 230 Å². The third kappa shape index (κ3) is 4.64. The number of pyridine rings is 1. The number of benzene rings is 2. The summed E-state index contributed by atoms with van der Waals surface area (Å²) >= 11 is 0. The molecule has 1 atom stereocenters. The van der Waals surface area contributed by atoms with Gasteiger partial charge in [-0.05, 0) is 45.4 Å². The first-order valence-corrected chi connectivity index (χ1v) is 13.4. The smallest absolute Gasteiger partial charge is 0.407 e. The van der Waals surface area contributed by atoms with E-state index in [1.54, 1.807) is 42.4 Å². The first kappa shape index (κ1) is 26.1. The van der Waals surface area contributed by atoms with Gasteiger partial charge < -0.3 is 33.9 Å². The summed E-state index contributed by atoms with van der Waals surface area (Å²) in [6.45, 7) is 7.70. The lowest BCUT2D eigenvalue weighted by atomic mass is 10.1. The molecule has 40 heavy (non-hydrogen) atoms. The summed E-state index contributed by atoms with van der Waals surface area (Å²) in [6, 6.07) is 8.15. The fourth-order valence-electron chi connectivity index (χ4n) is 5.49. The number of aromatic nitrogens is 1. The quantitative estimate of drug-likeness (QED) is 0.414. The van der Waals surface area contributed by atoms with Crippen molar-refractivity contribution in [3.8, 4) is 17.2 Å². The minimum Gasteiger partial charge on any atom is -0.451 e. The van der Waals surface area contributed by atoms with Gasteiger partial charge in [0.05, 0.1) is 30.3 Å². The number of nitrogens with one attached hydrogen (secondary N) is 1. The van der Waals surface area contributed by atoms with Gasteiger partial charge >= 0.3 is 6.09 Å². The molecule has 2 amide bonds. The van der Waals surface area contributed by atoms with Crippen molar-refractivity contribution in [1.29, 1.82) is 0 Å². The van der Waals surface area contributed by atoms with Gasteiger partial charge in [0.15, 0.2) is 17.3 Å². The summed E-state index contributed by atoms with van der Waals surface area (Å²) in [5.41, 5.74) is 0.0112. The zero-order valence-electron chi connectivity index (χ0n) is 22.7. The molecule has 0 spiro atoms. The maximum atomic E-state index is 15.9. The van der Waals surface area contributed by atoms with E-state index >= 15 is 4.39 Å². The first-order valence-electron chi connectivity index (χ1n) is 13.4. The van der Waals surface area contributed by atoms with Gasteiger partial charge in [-0.25, -0.2) is 9.18 Å². The Morgan fingerprint density at radius 2 is 1.88 bits per heavy atom. The fourth-order valence-corrected chi connectivity index (χ4v) is 5.49. The molecule has 2 aromatic carbocycles. The van der Waals surface area contributed by atoms with Crippen LogP contribution in [0.2, 0.25) is 0 Å². The summed E-state index contributed by atoms with van der Waals surface area (Å²) in [5.74, 6) is -0.378. The molecule has 1 unspecified atom stereocenters. The van der Waals surface area contributed by atoms with E-state index in [0.717, 1.165) is 0 Å². The summed E-state index contributed by atoms with van der Waals surface area (Å²) in [7, 11) is 0. The van der Waals surface area contributed by atoms with Gasteiger partial charge in [0, 0.05) is 32.4 Å². The number of fused-ring (bicyclic) bond motifs is 2. The molecule has 210 valence electrons. The molecule has 3 aliphatic heterocycles. The molecule has 0 aliphatic carbocycles. The van der Waals surface area contributed by atoms with Crippen LogP contribution >= 0.6 is 0 Å². The topological polar surface area (TPSA) is 102 Å². The summed E-state index contributed by atoms with van der Waals surface area (Å²) in [5, 5.41) is 2.92. The molecule has 0 radical (unpaired) electrons. The lowest BCUT2D eigenvalue weighted by Crippen LogP contribution is -2.42. The average molecular weight is 551 g/mol. The number of morpholine rings is 1. The molecule has 10 nitrogen and oxygen atoms in total. The third-order valence-electron chi connectivity index (χ3n) is 7.26. The van der Waals surface area contributed by atoms with E-state index in [4.69, 9.17) is 14.2 Å². The Balaban J connectivity index is 1.43. The molecule has 2 fully saturated rings. The van der Waals surface area contributed by atoms with Crippen LogP contribution in [0.5, 0.6) is 11.5 Å². The molecule has 0 bridgehead atoms. The van der Waals surface area contributed by atoms with Crippen molar-refractivity contribution in [3.05, 3.63) is 58.1 Å². The zero-order valence-corrected chi connectivity index (χ0v) is 22.7. The van der Waals surface area contributed by atoms with Crippen LogP contribution in [0.15, 0.2) is 41.3 Å². The molecular formula is C29H31FN4O6. The highest BCUT2D eigenvalue weighted by Crippen LogP contribution is 2.47. The van der Waals surface area contributed by atoms with E-state index in [1.165, 1.54) is 12.3 Å². The first-order chi connectivity index (χ1) is 19.1. The van der Waals surface area contributed by atoms with Gasteiger partial charge in [0.2, 0.25) is 5.43 Å². The van der Waals surface area contributed by atoms with Crippen LogP contribution in [-0.2, 0) is 9.47 Å². The lowest BCUT2D eigenvalue weighted by Gasteiger charge is -2.30. The Kier molecular flexibility index (Phi) is 6.41. The van der Waals surface area contributed by atoms with E-state index in [0.29, 0.717) is 62.8 Å². The number of ether oxygens (including phenoxy) is 3. The number of nitrogens with zero attached hydrogens (tertiary/aromatic N) is 3. The summed E-state index contributed by atoms with van der Waals surface area (Å²) in [4.78, 5) is 42.8. The van der Waals surface area contributed by atoms with Gasteiger partial charge in [-0.2, -0.15) is 0 Å². The zero-order chi connectivity index (χ0) is 28.2. The van der Waals surface area contributed by atoms with E-state index in [-0.39, 0.29) is 28.4 Å². The van der Waals surface area contributed by atoms with Crippen molar-refractivity contribution in [2.45, 2.75) is 38.8 Å². The van der Waals surface area contributed by atoms with E-state index in [2.05, 4.69) is 5.32 Å². The van der Waals surface area contributed by atoms with E-state index in [9.17, 15) is 14.4 Å². The second-order valence-electron chi connectivity index (χ2n) is 11.2. The van der Waals surface area contributed by atoms with Gasteiger partial charge in [0.1, 0.15) is 22.4 Å². The highest BCUT2D eigenvalue weighted by Gasteiger charge is 2.34. The third-order valence-corrected chi connectivity index (χ3v) is 7.26. The van der Waals surface area contributed by atoms with Crippen LogP contribution in [0.3, 0.4) is 0 Å². The second-order valence-corrected chi connectivity index (χ2v) is 11.2. The Hall–Kier alpha value is -4.12. The number of anilines is 1. The molecular weight excluding hydrogens is 519 g/mol. The van der Waals surface area contributed by atoms with Crippen molar-refractivity contribution < 1.29 is 28.2 Å². The monoisotopic (exact) mass is 550 g/mol. The van der Waals surface area contributed by atoms with Gasteiger partial charge in [0.25, 0.3) is 5.91 Å². The van der Waals surface area contributed by atoms with Crippen molar-refractivity contribution in [2.75, 3.05) is 44.3 Å². The molecule has 1 aromatic heterocycles. The molecule has 11 heteroatoms. The number of amides is 2. The van der Waals surface area contributed by atoms with Gasteiger partial charge in [-0.1, -0.05) is 12.1 Å². The maximum absolute atomic E-state index is 15.9. The molecule has 3 aliphatic rings. The number of carbonyl (C=O) groups is 2. The average Bonchev–Trinajstić information content (AvgIpc) is 3.36. The molecule has 3 aromatic rings. The van der Waals surface area contributed by atoms with Crippen LogP contribution in [0.4, 0.5) is 14.9 Å². The number of hydrogen-bond acceptors (Lipinski definition) is 7. The van der Waals surface area contributed by atoms with Crippen molar-refractivity contribution in [3.63, 3.8) is 0 Å². The SMILES string of the molecule is CC(C)(C)OC(=O)NC1CCN(c2c(F)cc3c(=O)c(C(=O)N4CCOCC4)cn4c3c2Oc2ccccc2-4)C1. The predicted octanol–water partition coefficient (Wildman–Crippen LogP) is 3.81.